The van der Waals surface area contributed by atoms with Crippen molar-refractivity contribution in [2.24, 2.45) is 11.8 Å². The van der Waals surface area contributed by atoms with Gasteiger partial charge in [-0.05, 0) is 43.9 Å². The number of carboxylic acid groups (broad SMARTS) is 2. The maximum absolute atomic E-state index is 11.8. The van der Waals surface area contributed by atoms with Crippen LogP contribution in [0.2, 0.25) is 0 Å². The smallest absolute Gasteiger partial charge is 0.303 e. The van der Waals surface area contributed by atoms with Gasteiger partial charge in [0.2, 0.25) is 0 Å². The summed E-state index contributed by atoms with van der Waals surface area (Å²) in [4.78, 5) is 32.9. The maximum atomic E-state index is 11.8. The summed E-state index contributed by atoms with van der Waals surface area (Å²) >= 11 is 0. The minimum Gasteiger partial charge on any atom is -0.481 e. The first-order valence-electron chi connectivity index (χ1n) is 8.12. The lowest BCUT2D eigenvalue weighted by Gasteiger charge is -2.22. The number of carbonyl (C=O) groups excluding carboxylic acids is 1. The first-order valence-corrected chi connectivity index (χ1v) is 8.12. The molecule has 0 bridgehead atoms. The van der Waals surface area contributed by atoms with Crippen LogP contribution in [0.15, 0.2) is 0 Å². The highest BCUT2D eigenvalue weighted by Crippen LogP contribution is 2.38. The number of aliphatic carboxylic acids is 2. The van der Waals surface area contributed by atoms with Gasteiger partial charge in [-0.15, -0.1) is 0 Å². The summed E-state index contributed by atoms with van der Waals surface area (Å²) in [7, 11) is 0. The van der Waals surface area contributed by atoms with Crippen LogP contribution in [0.3, 0.4) is 0 Å². The van der Waals surface area contributed by atoms with Crippen molar-refractivity contribution in [2.75, 3.05) is 0 Å². The van der Waals surface area contributed by atoms with Gasteiger partial charge in [-0.3, -0.25) is 14.4 Å². The number of Topliss-reactive ketones (excluding diaryl/α,β-unsaturated/α-hetero) is 1. The molecular weight excluding hydrogens is 304 g/mol. The molecule has 4 atom stereocenters. The van der Waals surface area contributed by atoms with Crippen LogP contribution >= 0.6 is 0 Å². The van der Waals surface area contributed by atoms with E-state index in [-0.39, 0.29) is 43.3 Å². The third-order valence-corrected chi connectivity index (χ3v) is 4.57. The molecular formula is C16H26O7. The lowest BCUT2D eigenvalue weighted by Crippen LogP contribution is -2.24. The van der Waals surface area contributed by atoms with Gasteiger partial charge in [0.1, 0.15) is 5.78 Å². The van der Waals surface area contributed by atoms with E-state index in [0.29, 0.717) is 32.1 Å². The fourth-order valence-electron chi connectivity index (χ4n) is 3.32. The average Bonchev–Trinajstić information content (AvgIpc) is 2.72. The Labute approximate surface area is 135 Å². The minimum atomic E-state index is -0.938. The number of ketones is 1. The molecule has 23 heavy (non-hydrogen) atoms. The van der Waals surface area contributed by atoms with Crippen LogP contribution in [0.1, 0.15) is 57.8 Å². The van der Waals surface area contributed by atoms with Crippen LogP contribution < -0.4 is 0 Å². The van der Waals surface area contributed by atoms with E-state index in [1.54, 1.807) is 0 Å². The summed E-state index contributed by atoms with van der Waals surface area (Å²) in [5.41, 5.74) is 0. The van der Waals surface area contributed by atoms with Crippen molar-refractivity contribution >= 4 is 17.7 Å². The predicted molar refractivity (Wildman–Crippen MR) is 80.8 cm³/mol. The van der Waals surface area contributed by atoms with E-state index in [4.69, 9.17) is 10.2 Å². The highest BCUT2D eigenvalue weighted by Gasteiger charge is 2.41. The standard InChI is InChI=1S/C16H26O7/c17-10(3-1-2-4-15(20)21)5-6-11-12(7-8-16(22)23)14(19)9-13(11)18/h11-14,18-19H,1-9H2,(H,20,21)(H,22,23)/t11-,12?,13-,14+/m1/s1. The largest absolute Gasteiger partial charge is 0.481 e. The molecule has 0 aromatic rings. The van der Waals surface area contributed by atoms with E-state index in [2.05, 4.69) is 0 Å². The van der Waals surface area contributed by atoms with Gasteiger partial charge in [0.25, 0.3) is 0 Å². The lowest BCUT2D eigenvalue weighted by molar-refractivity contribution is -0.138. The van der Waals surface area contributed by atoms with Crippen LogP contribution in [0.25, 0.3) is 0 Å². The topological polar surface area (TPSA) is 132 Å². The zero-order valence-corrected chi connectivity index (χ0v) is 13.2. The molecule has 1 unspecified atom stereocenters. The van der Waals surface area contributed by atoms with Gasteiger partial charge in [-0.1, -0.05) is 0 Å². The Kier molecular flexibility index (Phi) is 8.19. The molecule has 0 aromatic carbocycles. The van der Waals surface area contributed by atoms with Gasteiger partial charge < -0.3 is 20.4 Å². The number of rotatable bonds is 11. The minimum absolute atomic E-state index is 0.0148. The Hall–Kier alpha value is -1.47. The zero-order chi connectivity index (χ0) is 17.4. The van der Waals surface area contributed by atoms with E-state index in [1.807, 2.05) is 0 Å². The normalized spacial score (nSPS) is 27.0. The Balaban J connectivity index is 2.36. The average molecular weight is 330 g/mol. The van der Waals surface area contributed by atoms with Crippen molar-refractivity contribution in [1.82, 2.24) is 0 Å². The summed E-state index contributed by atoms with van der Waals surface area (Å²) in [6.07, 6.45) is 1.10. The van der Waals surface area contributed by atoms with Gasteiger partial charge in [0.15, 0.2) is 0 Å². The van der Waals surface area contributed by atoms with E-state index in [9.17, 15) is 24.6 Å². The summed E-state index contributed by atoms with van der Waals surface area (Å²) in [5, 5.41) is 37.2. The Morgan fingerprint density at radius 3 is 1.74 bits per heavy atom. The van der Waals surface area contributed by atoms with Crippen LogP contribution in [-0.4, -0.2) is 50.4 Å². The Morgan fingerprint density at radius 2 is 1.22 bits per heavy atom. The molecule has 1 saturated carbocycles. The first-order chi connectivity index (χ1) is 10.8. The highest BCUT2D eigenvalue weighted by atomic mass is 16.4. The first kappa shape index (κ1) is 19.6. The summed E-state index contributed by atoms with van der Waals surface area (Å²) in [5.74, 6) is -2.34. The van der Waals surface area contributed by atoms with Crippen molar-refractivity contribution in [3.63, 3.8) is 0 Å². The number of hydrogen-bond donors (Lipinski definition) is 4. The summed E-state index contributed by atoms with van der Waals surface area (Å²) in [6, 6.07) is 0. The monoisotopic (exact) mass is 330 g/mol. The van der Waals surface area contributed by atoms with Crippen LogP contribution in [-0.2, 0) is 14.4 Å². The van der Waals surface area contributed by atoms with E-state index in [0.717, 1.165) is 0 Å². The molecule has 0 spiro atoms. The van der Waals surface area contributed by atoms with Gasteiger partial charge >= 0.3 is 11.9 Å². The molecule has 132 valence electrons. The lowest BCUT2D eigenvalue weighted by atomic mass is 9.85. The van der Waals surface area contributed by atoms with Gasteiger partial charge in [-0.2, -0.15) is 0 Å². The van der Waals surface area contributed by atoms with E-state index < -0.39 is 24.1 Å². The third-order valence-electron chi connectivity index (χ3n) is 4.57. The summed E-state index contributed by atoms with van der Waals surface area (Å²) < 4.78 is 0. The molecule has 4 N–H and O–H groups in total. The molecule has 0 heterocycles. The highest BCUT2D eigenvalue weighted by molar-refractivity contribution is 5.78. The summed E-state index contributed by atoms with van der Waals surface area (Å²) in [6.45, 7) is 0. The van der Waals surface area contributed by atoms with E-state index >= 15 is 0 Å². The molecule has 7 heteroatoms. The van der Waals surface area contributed by atoms with Crippen molar-refractivity contribution in [2.45, 2.75) is 70.0 Å². The second-order valence-electron chi connectivity index (χ2n) is 6.31. The molecule has 7 nitrogen and oxygen atoms in total. The van der Waals surface area contributed by atoms with Crippen molar-refractivity contribution in [3.8, 4) is 0 Å². The molecule has 1 rings (SSSR count). The molecule has 0 amide bonds. The quantitative estimate of drug-likeness (QED) is 0.418. The maximum Gasteiger partial charge on any atom is 0.303 e. The number of hydrogen-bond acceptors (Lipinski definition) is 5. The molecule has 0 aliphatic heterocycles. The van der Waals surface area contributed by atoms with Gasteiger partial charge in [0.05, 0.1) is 12.2 Å². The SMILES string of the molecule is O=C(O)CCCCC(=O)CC[C@@H]1C(CCC(=O)O)[C@@H](O)C[C@H]1O. The molecule has 1 aliphatic rings. The third kappa shape index (κ3) is 7.09. The van der Waals surface area contributed by atoms with Crippen molar-refractivity contribution < 1.29 is 34.8 Å². The fraction of sp³-hybridized carbons (Fsp3) is 0.812. The fourth-order valence-corrected chi connectivity index (χ4v) is 3.32. The number of unbranched alkanes of at least 4 members (excludes halogenated alkanes) is 1. The molecule has 0 aromatic heterocycles. The Morgan fingerprint density at radius 1 is 0.739 bits per heavy atom. The number of aliphatic hydroxyl groups excluding tert-OH is 2. The number of carbonyl (C=O) groups is 3. The molecule has 0 saturated heterocycles. The number of carboxylic acids is 2. The molecule has 1 fully saturated rings. The zero-order valence-electron chi connectivity index (χ0n) is 13.2. The van der Waals surface area contributed by atoms with Crippen molar-refractivity contribution in [3.05, 3.63) is 0 Å². The van der Waals surface area contributed by atoms with Crippen LogP contribution in [0.4, 0.5) is 0 Å². The van der Waals surface area contributed by atoms with Crippen molar-refractivity contribution in [1.29, 1.82) is 0 Å². The Bertz CT molecular complexity index is 421. The molecule has 0 radical (unpaired) electrons. The second-order valence-corrected chi connectivity index (χ2v) is 6.31. The van der Waals surface area contributed by atoms with E-state index in [1.165, 1.54) is 0 Å². The molecule has 1 aliphatic carbocycles. The van der Waals surface area contributed by atoms with Crippen LogP contribution in [0.5, 0.6) is 0 Å². The van der Waals surface area contributed by atoms with Gasteiger partial charge in [-0.25, -0.2) is 0 Å². The number of aliphatic hydroxyl groups is 2. The van der Waals surface area contributed by atoms with Gasteiger partial charge in [0, 0.05) is 25.7 Å². The predicted octanol–water partition coefficient (Wildman–Crippen LogP) is 1.20. The van der Waals surface area contributed by atoms with Crippen LogP contribution in [0, 0.1) is 11.8 Å². The second kappa shape index (κ2) is 9.62.